The average Bonchev–Trinajstić information content (AvgIpc) is 3.05. The molecule has 0 aromatic heterocycles. The third-order valence-corrected chi connectivity index (χ3v) is 6.07. The standard InChI is InChI=1S/C25H27N3O3/c1-2-15-25(21-11-7-4-8-12-21)23(30)28(24(31)26-25)18-22(29)27-16-13-20(14-17-27)19-9-5-3-6-10-19/h3-13H,2,14-18H2,1H3,(H,26,31)/t25-/m0/s1. The number of carbonyl (C=O) groups is 3. The van der Waals surface area contributed by atoms with Gasteiger partial charge < -0.3 is 10.2 Å². The maximum absolute atomic E-state index is 13.3. The summed E-state index contributed by atoms with van der Waals surface area (Å²) in [5.74, 6) is -0.566. The number of hydrogen-bond donors (Lipinski definition) is 1. The van der Waals surface area contributed by atoms with Crippen LogP contribution in [-0.4, -0.2) is 47.3 Å². The molecular formula is C25H27N3O3. The molecule has 0 aliphatic carbocycles. The molecule has 4 rings (SSSR count). The first kappa shape index (κ1) is 20.8. The van der Waals surface area contributed by atoms with E-state index in [1.807, 2.05) is 61.5 Å². The van der Waals surface area contributed by atoms with E-state index in [2.05, 4.69) is 17.4 Å². The Hall–Kier alpha value is -3.41. The quantitative estimate of drug-likeness (QED) is 0.731. The van der Waals surface area contributed by atoms with Crippen LogP contribution in [0.15, 0.2) is 66.7 Å². The first-order chi connectivity index (χ1) is 15.0. The number of urea groups is 1. The predicted octanol–water partition coefficient (Wildman–Crippen LogP) is 3.55. The molecule has 4 amide bonds. The Balaban J connectivity index is 1.47. The van der Waals surface area contributed by atoms with Crippen LogP contribution in [0.3, 0.4) is 0 Å². The molecule has 2 heterocycles. The fraction of sp³-hybridized carbons (Fsp3) is 0.320. The van der Waals surface area contributed by atoms with Crippen molar-refractivity contribution in [3.05, 3.63) is 77.9 Å². The summed E-state index contributed by atoms with van der Waals surface area (Å²) in [6, 6.07) is 18.9. The lowest BCUT2D eigenvalue weighted by Crippen LogP contribution is -2.46. The van der Waals surface area contributed by atoms with E-state index < -0.39 is 11.6 Å². The number of nitrogens with one attached hydrogen (secondary N) is 1. The molecule has 2 aromatic carbocycles. The van der Waals surface area contributed by atoms with Crippen molar-refractivity contribution in [2.24, 2.45) is 0 Å². The highest BCUT2D eigenvalue weighted by Gasteiger charge is 2.52. The summed E-state index contributed by atoms with van der Waals surface area (Å²) in [5.41, 5.74) is 2.02. The summed E-state index contributed by atoms with van der Waals surface area (Å²) >= 11 is 0. The van der Waals surface area contributed by atoms with Crippen molar-refractivity contribution in [1.29, 1.82) is 0 Å². The highest BCUT2D eigenvalue weighted by Crippen LogP contribution is 2.33. The smallest absolute Gasteiger partial charge is 0.325 e. The number of amides is 4. The van der Waals surface area contributed by atoms with Crippen molar-refractivity contribution in [1.82, 2.24) is 15.1 Å². The van der Waals surface area contributed by atoms with E-state index in [9.17, 15) is 14.4 Å². The van der Waals surface area contributed by atoms with Crippen LogP contribution in [0.4, 0.5) is 4.79 Å². The molecule has 1 saturated heterocycles. The second-order valence-electron chi connectivity index (χ2n) is 8.03. The van der Waals surface area contributed by atoms with Crippen molar-refractivity contribution in [2.45, 2.75) is 31.7 Å². The van der Waals surface area contributed by atoms with Crippen LogP contribution in [-0.2, 0) is 15.1 Å². The summed E-state index contributed by atoms with van der Waals surface area (Å²) < 4.78 is 0. The summed E-state index contributed by atoms with van der Waals surface area (Å²) in [5, 5.41) is 2.88. The SMILES string of the molecule is CCC[C@@]1(c2ccccc2)NC(=O)N(CC(=O)N2CC=C(c3ccccc3)CC2)C1=O. The van der Waals surface area contributed by atoms with E-state index in [1.54, 1.807) is 4.90 Å². The molecule has 2 aliphatic rings. The van der Waals surface area contributed by atoms with Gasteiger partial charge in [0.1, 0.15) is 12.1 Å². The van der Waals surface area contributed by atoms with Crippen LogP contribution in [0.5, 0.6) is 0 Å². The molecular weight excluding hydrogens is 390 g/mol. The topological polar surface area (TPSA) is 69.7 Å². The Morgan fingerprint density at radius 2 is 1.71 bits per heavy atom. The lowest BCUT2D eigenvalue weighted by molar-refractivity contribution is -0.139. The van der Waals surface area contributed by atoms with Gasteiger partial charge >= 0.3 is 6.03 Å². The number of nitrogens with zero attached hydrogens (tertiary/aromatic N) is 2. The number of hydrogen-bond acceptors (Lipinski definition) is 3. The summed E-state index contributed by atoms with van der Waals surface area (Å²) in [4.78, 5) is 41.7. The molecule has 6 nitrogen and oxygen atoms in total. The van der Waals surface area contributed by atoms with Gasteiger partial charge in [-0.2, -0.15) is 0 Å². The molecule has 160 valence electrons. The Labute approximate surface area is 182 Å². The van der Waals surface area contributed by atoms with Crippen LogP contribution in [0.25, 0.3) is 5.57 Å². The lowest BCUT2D eigenvalue weighted by Gasteiger charge is -2.29. The molecule has 31 heavy (non-hydrogen) atoms. The van der Waals surface area contributed by atoms with Crippen LogP contribution in [0.1, 0.15) is 37.3 Å². The zero-order chi connectivity index (χ0) is 21.8. The van der Waals surface area contributed by atoms with Gasteiger partial charge in [-0.15, -0.1) is 0 Å². The molecule has 0 radical (unpaired) electrons. The molecule has 2 aromatic rings. The molecule has 2 aliphatic heterocycles. The second-order valence-corrected chi connectivity index (χ2v) is 8.03. The number of benzene rings is 2. The van der Waals surface area contributed by atoms with Crippen LogP contribution in [0.2, 0.25) is 0 Å². The monoisotopic (exact) mass is 417 g/mol. The fourth-order valence-electron chi connectivity index (χ4n) is 4.42. The lowest BCUT2D eigenvalue weighted by atomic mass is 9.85. The molecule has 1 fully saturated rings. The molecule has 1 N–H and O–H groups in total. The number of imide groups is 1. The van der Waals surface area contributed by atoms with Gasteiger partial charge in [0.2, 0.25) is 5.91 Å². The first-order valence-corrected chi connectivity index (χ1v) is 10.8. The van der Waals surface area contributed by atoms with Crippen LogP contribution in [0, 0.1) is 0 Å². The minimum atomic E-state index is -1.10. The van der Waals surface area contributed by atoms with Crippen molar-refractivity contribution in [2.75, 3.05) is 19.6 Å². The molecule has 1 atom stereocenters. The first-order valence-electron chi connectivity index (χ1n) is 10.8. The Kier molecular flexibility index (Phi) is 5.89. The third kappa shape index (κ3) is 3.98. The van der Waals surface area contributed by atoms with Crippen molar-refractivity contribution in [3.63, 3.8) is 0 Å². The van der Waals surface area contributed by atoms with Crippen molar-refractivity contribution >= 4 is 23.4 Å². The number of rotatable bonds is 6. The zero-order valence-electron chi connectivity index (χ0n) is 17.7. The second kappa shape index (κ2) is 8.76. The molecule has 6 heteroatoms. The summed E-state index contributed by atoms with van der Waals surface area (Å²) in [6.45, 7) is 2.79. The van der Waals surface area contributed by atoms with E-state index in [0.717, 1.165) is 28.9 Å². The van der Waals surface area contributed by atoms with Crippen LogP contribution >= 0.6 is 0 Å². The van der Waals surface area contributed by atoms with Gasteiger partial charge in [0.25, 0.3) is 5.91 Å². The molecule has 0 saturated carbocycles. The van der Waals surface area contributed by atoms with Gasteiger partial charge in [0, 0.05) is 13.1 Å². The summed E-state index contributed by atoms with van der Waals surface area (Å²) in [7, 11) is 0. The maximum Gasteiger partial charge on any atom is 0.325 e. The number of carbonyl (C=O) groups excluding carboxylic acids is 3. The predicted molar refractivity (Wildman–Crippen MR) is 119 cm³/mol. The molecule has 0 unspecified atom stereocenters. The van der Waals surface area contributed by atoms with E-state index in [1.165, 1.54) is 5.57 Å². The Morgan fingerprint density at radius 1 is 1.03 bits per heavy atom. The van der Waals surface area contributed by atoms with Gasteiger partial charge in [-0.3, -0.25) is 14.5 Å². The van der Waals surface area contributed by atoms with Gasteiger partial charge in [0.15, 0.2) is 0 Å². The fourth-order valence-corrected chi connectivity index (χ4v) is 4.42. The van der Waals surface area contributed by atoms with E-state index in [0.29, 0.717) is 19.5 Å². The Morgan fingerprint density at radius 3 is 2.32 bits per heavy atom. The molecule has 0 spiro atoms. The van der Waals surface area contributed by atoms with Gasteiger partial charge in [-0.05, 0) is 29.5 Å². The van der Waals surface area contributed by atoms with E-state index in [4.69, 9.17) is 0 Å². The van der Waals surface area contributed by atoms with Gasteiger partial charge in [0.05, 0.1) is 0 Å². The van der Waals surface area contributed by atoms with Gasteiger partial charge in [-0.25, -0.2) is 4.79 Å². The van der Waals surface area contributed by atoms with Crippen molar-refractivity contribution < 1.29 is 14.4 Å². The van der Waals surface area contributed by atoms with Crippen LogP contribution < -0.4 is 5.32 Å². The highest BCUT2D eigenvalue weighted by molar-refractivity contribution is 6.09. The average molecular weight is 418 g/mol. The highest BCUT2D eigenvalue weighted by atomic mass is 16.2. The normalized spacial score (nSPS) is 21.1. The third-order valence-electron chi connectivity index (χ3n) is 6.07. The molecule has 0 bridgehead atoms. The van der Waals surface area contributed by atoms with Crippen molar-refractivity contribution in [3.8, 4) is 0 Å². The van der Waals surface area contributed by atoms with E-state index >= 15 is 0 Å². The summed E-state index contributed by atoms with van der Waals surface area (Å²) in [6.07, 6.45) is 4.01. The maximum atomic E-state index is 13.3. The van der Waals surface area contributed by atoms with Gasteiger partial charge in [-0.1, -0.05) is 80.1 Å². The zero-order valence-corrected chi connectivity index (χ0v) is 17.7. The minimum Gasteiger partial charge on any atom is -0.337 e. The largest absolute Gasteiger partial charge is 0.337 e. The Bertz CT molecular complexity index is 1000. The van der Waals surface area contributed by atoms with E-state index in [-0.39, 0.29) is 18.4 Å². The minimum absolute atomic E-state index is 0.216.